The molecule has 0 spiro atoms. The molecule has 0 unspecified atom stereocenters. The minimum atomic E-state index is -0.821. The van der Waals surface area contributed by atoms with Crippen LogP contribution in [0.3, 0.4) is 0 Å². The van der Waals surface area contributed by atoms with E-state index < -0.39 is 11.6 Å². The van der Waals surface area contributed by atoms with Gasteiger partial charge in [0.05, 0.1) is 10.5 Å². The number of nitrogens with zero attached hydrogens (tertiary/aromatic N) is 1. The van der Waals surface area contributed by atoms with Gasteiger partial charge in [0, 0.05) is 17.8 Å². The highest BCUT2D eigenvalue weighted by molar-refractivity contribution is 5.54. The molecule has 1 aromatic carbocycles. The van der Waals surface area contributed by atoms with Crippen molar-refractivity contribution in [2.75, 3.05) is 18.4 Å². The molecule has 0 aliphatic carbocycles. The van der Waals surface area contributed by atoms with Crippen LogP contribution in [0, 0.1) is 10.1 Å². The van der Waals surface area contributed by atoms with Crippen molar-refractivity contribution in [3.8, 4) is 0 Å². The van der Waals surface area contributed by atoms with Crippen molar-refractivity contribution in [3.63, 3.8) is 0 Å². The molecule has 1 heterocycles. The molecule has 2 rings (SSSR count). The van der Waals surface area contributed by atoms with Crippen LogP contribution in [-0.4, -0.2) is 24.1 Å². The molecular weight excluding hydrogens is 237 g/mol. The number of halogens is 1. The number of nitrogens with one attached hydrogen (secondary N) is 2. The number of nitro groups is 1. The first-order chi connectivity index (χ1) is 8.70. The molecular formula is C12H16FN3O2. The zero-order valence-corrected chi connectivity index (χ0v) is 9.99. The summed E-state index contributed by atoms with van der Waals surface area (Å²) in [7, 11) is 0. The van der Waals surface area contributed by atoms with E-state index in [1.54, 1.807) is 6.07 Å². The molecule has 2 N–H and O–H groups in total. The van der Waals surface area contributed by atoms with Crippen molar-refractivity contribution in [2.24, 2.45) is 0 Å². The van der Waals surface area contributed by atoms with Gasteiger partial charge in [-0.25, -0.2) is 4.39 Å². The van der Waals surface area contributed by atoms with Gasteiger partial charge in [-0.2, -0.15) is 0 Å². The van der Waals surface area contributed by atoms with E-state index in [2.05, 4.69) is 10.6 Å². The number of piperidine rings is 1. The standard InChI is InChI=1S/C12H16FN3O2/c13-8-9-7-11(1-2-12(9)16(17)18)15-10-3-5-14-6-4-10/h1-2,7,10,14-15H,3-6,8H2. The van der Waals surface area contributed by atoms with Crippen molar-refractivity contribution in [3.05, 3.63) is 33.9 Å². The Hall–Kier alpha value is -1.69. The van der Waals surface area contributed by atoms with E-state index in [-0.39, 0.29) is 11.3 Å². The van der Waals surface area contributed by atoms with E-state index >= 15 is 0 Å². The second kappa shape index (κ2) is 5.77. The van der Waals surface area contributed by atoms with Gasteiger partial charge < -0.3 is 10.6 Å². The monoisotopic (exact) mass is 253 g/mol. The molecule has 6 heteroatoms. The maximum Gasteiger partial charge on any atom is 0.275 e. The molecule has 0 aromatic heterocycles. The first-order valence-corrected chi connectivity index (χ1v) is 6.01. The zero-order chi connectivity index (χ0) is 13.0. The lowest BCUT2D eigenvalue weighted by Gasteiger charge is -2.24. The molecule has 1 aromatic rings. The SMILES string of the molecule is O=[N+]([O-])c1ccc(NC2CCNCC2)cc1CF. The van der Waals surface area contributed by atoms with Crippen LogP contribution in [0.5, 0.6) is 0 Å². The van der Waals surface area contributed by atoms with E-state index in [0.717, 1.165) is 31.6 Å². The molecule has 5 nitrogen and oxygen atoms in total. The van der Waals surface area contributed by atoms with E-state index in [9.17, 15) is 14.5 Å². The summed E-state index contributed by atoms with van der Waals surface area (Å²) in [6.45, 7) is 1.10. The number of hydrogen-bond donors (Lipinski definition) is 2. The summed E-state index contributed by atoms with van der Waals surface area (Å²) in [5.74, 6) is 0. The summed E-state index contributed by atoms with van der Waals surface area (Å²) in [6.07, 6.45) is 2.00. The van der Waals surface area contributed by atoms with Gasteiger partial charge in [0.2, 0.25) is 0 Å². The van der Waals surface area contributed by atoms with Crippen LogP contribution < -0.4 is 10.6 Å². The Balaban J connectivity index is 2.11. The third-order valence-corrected chi connectivity index (χ3v) is 3.13. The summed E-state index contributed by atoms with van der Waals surface area (Å²) in [5.41, 5.74) is 0.715. The molecule has 0 radical (unpaired) electrons. The molecule has 1 fully saturated rings. The van der Waals surface area contributed by atoms with Gasteiger partial charge in [0.25, 0.3) is 5.69 Å². The van der Waals surface area contributed by atoms with Gasteiger partial charge in [0.1, 0.15) is 6.67 Å². The second-order valence-corrected chi connectivity index (χ2v) is 4.40. The highest BCUT2D eigenvalue weighted by Gasteiger charge is 2.16. The highest BCUT2D eigenvalue weighted by atomic mass is 19.1. The second-order valence-electron chi connectivity index (χ2n) is 4.40. The minimum Gasteiger partial charge on any atom is -0.382 e. The van der Waals surface area contributed by atoms with E-state index in [4.69, 9.17) is 0 Å². The summed E-state index contributed by atoms with van der Waals surface area (Å²) in [5, 5.41) is 17.2. The lowest BCUT2D eigenvalue weighted by atomic mass is 10.1. The molecule has 0 saturated carbocycles. The number of alkyl halides is 1. The molecule has 0 amide bonds. The zero-order valence-electron chi connectivity index (χ0n) is 9.99. The van der Waals surface area contributed by atoms with Crippen molar-refractivity contribution < 1.29 is 9.31 Å². The fourth-order valence-corrected chi connectivity index (χ4v) is 2.16. The largest absolute Gasteiger partial charge is 0.382 e. The number of benzene rings is 1. The normalized spacial score (nSPS) is 16.5. The topological polar surface area (TPSA) is 67.2 Å². The van der Waals surface area contributed by atoms with Crippen LogP contribution in [0.4, 0.5) is 15.8 Å². The molecule has 1 saturated heterocycles. The van der Waals surface area contributed by atoms with Crippen molar-refractivity contribution in [1.29, 1.82) is 0 Å². The molecule has 98 valence electrons. The van der Waals surface area contributed by atoms with Crippen molar-refractivity contribution in [2.45, 2.75) is 25.6 Å². The van der Waals surface area contributed by atoms with E-state index in [0.29, 0.717) is 6.04 Å². The third kappa shape index (κ3) is 2.95. The van der Waals surface area contributed by atoms with Crippen LogP contribution in [0.1, 0.15) is 18.4 Å². The fourth-order valence-electron chi connectivity index (χ4n) is 2.16. The molecule has 1 aliphatic rings. The Bertz CT molecular complexity index is 433. The molecule has 1 aliphatic heterocycles. The minimum absolute atomic E-state index is 0.124. The Morgan fingerprint density at radius 2 is 2.17 bits per heavy atom. The van der Waals surface area contributed by atoms with Crippen molar-refractivity contribution >= 4 is 11.4 Å². The van der Waals surface area contributed by atoms with Crippen LogP contribution in [0.25, 0.3) is 0 Å². The summed E-state index contributed by atoms with van der Waals surface area (Å²) < 4.78 is 12.8. The van der Waals surface area contributed by atoms with Crippen LogP contribution in [-0.2, 0) is 6.67 Å². The predicted octanol–water partition coefficient (Wildman–Crippen LogP) is 2.23. The quantitative estimate of drug-likeness (QED) is 0.638. The Morgan fingerprint density at radius 3 is 2.78 bits per heavy atom. The van der Waals surface area contributed by atoms with E-state index in [1.165, 1.54) is 12.1 Å². The number of nitro benzene ring substituents is 1. The molecule has 0 atom stereocenters. The van der Waals surface area contributed by atoms with Crippen LogP contribution in [0.2, 0.25) is 0 Å². The van der Waals surface area contributed by atoms with Crippen LogP contribution >= 0.6 is 0 Å². The summed E-state index contributed by atoms with van der Waals surface area (Å²) in [4.78, 5) is 10.1. The average Bonchev–Trinajstić information content (AvgIpc) is 2.39. The Morgan fingerprint density at radius 1 is 1.44 bits per heavy atom. The van der Waals surface area contributed by atoms with Gasteiger partial charge in [0.15, 0.2) is 0 Å². The maximum atomic E-state index is 12.8. The number of hydrogen-bond acceptors (Lipinski definition) is 4. The van der Waals surface area contributed by atoms with Gasteiger partial charge in [-0.1, -0.05) is 0 Å². The Labute approximate surface area is 105 Å². The van der Waals surface area contributed by atoms with Gasteiger partial charge >= 0.3 is 0 Å². The lowest BCUT2D eigenvalue weighted by molar-refractivity contribution is -0.385. The first-order valence-electron chi connectivity index (χ1n) is 6.01. The molecule has 0 bridgehead atoms. The first kappa shape index (κ1) is 12.8. The smallest absolute Gasteiger partial charge is 0.275 e. The Kier molecular flexibility index (Phi) is 4.09. The predicted molar refractivity (Wildman–Crippen MR) is 67.4 cm³/mol. The van der Waals surface area contributed by atoms with Gasteiger partial charge in [-0.05, 0) is 38.1 Å². The van der Waals surface area contributed by atoms with Gasteiger partial charge in [-0.3, -0.25) is 10.1 Å². The van der Waals surface area contributed by atoms with Crippen LogP contribution in [0.15, 0.2) is 18.2 Å². The molecule has 18 heavy (non-hydrogen) atoms. The maximum absolute atomic E-state index is 12.8. The van der Waals surface area contributed by atoms with Crippen molar-refractivity contribution in [1.82, 2.24) is 5.32 Å². The number of anilines is 1. The average molecular weight is 253 g/mol. The summed E-state index contributed by atoms with van der Waals surface area (Å²) in [6, 6.07) is 4.87. The summed E-state index contributed by atoms with van der Waals surface area (Å²) >= 11 is 0. The number of rotatable bonds is 4. The fraction of sp³-hybridized carbons (Fsp3) is 0.500. The van der Waals surface area contributed by atoms with E-state index in [1.807, 2.05) is 0 Å². The lowest BCUT2D eigenvalue weighted by Crippen LogP contribution is -2.35. The highest BCUT2D eigenvalue weighted by Crippen LogP contribution is 2.24. The third-order valence-electron chi connectivity index (χ3n) is 3.13. The van der Waals surface area contributed by atoms with Gasteiger partial charge in [-0.15, -0.1) is 0 Å².